The lowest BCUT2D eigenvalue weighted by Crippen LogP contribution is -2.17. The third-order valence-electron chi connectivity index (χ3n) is 3.16. The summed E-state index contributed by atoms with van der Waals surface area (Å²) in [6.45, 7) is 4.75. The van der Waals surface area contributed by atoms with E-state index in [4.69, 9.17) is 9.47 Å². The zero-order chi connectivity index (χ0) is 14.4. The molecule has 1 aliphatic heterocycles. The summed E-state index contributed by atoms with van der Waals surface area (Å²) in [4.78, 5) is 10.8. The molecule has 0 saturated carbocycles. The largest absolute Gasteiger partial charge is 0.481 e. The van der Waals surface area contributed by atoms with Crippen molar-refractivity contribution in [2.75, 3.05) is 19.8 Å². The molecule has 0 amide bonds. The molecule has 0 spiro atoms. The minimum Gasteiger partial charge on any atom is -0.481 e. The Labute approximate surface area is 118 Å². The molecule has 0 aromatic heterocycles. The molecule has 6 heteroatoms. The van der Waals surface area contributed by atoms with E-state index in [0.717, 1.165) is 24.9 Å². The number of nitrogens with one attached hydrogen (secondary N) is 1. The standard InChI is InChI=1S/C14H20N2O4/c1-2-6-15-9-11-3-4-14(13(8-11)16(17)18)20-12-5-7-19-10-12/h3-4,8,12,15H,2,5-7,9-10H2,1H3. The van der Waals surface area contributed by atoms with Gasteiger partial charge in [0.05, 0.1) is 18.1 Å². The minimum atomic E-state index is -0.394. The van der Waals surface area contributed by atoms with Crippen LogP contribution in [0.2, 0.25) is 0 Å². The number of hydrogen-bond acceptors (Lipinski definition) is 5. The van der Waals surface area contributed by atoms with Crippen molar-refractivity contribution in [1.82, 2.24) is 5.32 Å². The first-order valence-corrected chi connectivity index (χ1v) is 6.93. The highest BCUT2D eigenvalue weighted by Gasteiger charge is 2.22. The van der Waals surface area contributed by atoms with Gasteiger partial charge in [-0.3, -0.25) is 10.1 Å². The first-order chi connectivity index (χ1) is 9.70. The zero-order valence-electron chi connectivity index (χ0n) is 11.6. The molecule has 0 bridgehead atoms. The second-order valence-corrected chi connectivity index (χ2v) is 4.84. The average Bonchev–Trinajstić information content (AvgIpc) is 2.93. The highest BCUT2D eigenvalue weighted by atomic mass is 16.6. The number of ether oxygens (including phenoxy) is 2. The molecule has 110 valence electrons. The number of rotatable bonds is 7. The van der Waals surface area contributed by atoms with Crippen LogP contribution in [0.4, 0.5) is 5.69 Å². The van der Waals surface area contributed by atoms with E-state index in [2.05, 4.69) is 12.2 Å². The fraction of sp³-hybridized carbons (Fsp3) is 0.571. The van der Waals surface area contributed by atoms with Crippen molar-refractivity contribution in [2.24, 2.45) is 0 Å². The molecule has 1 unspecified atom stereocenters. The van der Waals surface area contributed by atoms with E-state index in [-0.39, 0.29) is 11.8 Å². The first kappa shape index (κ1) is 14.7. The van der Waals surface area contributed by atoms with Gasteiger partial charge in [-0.25, -0.2) is 0 Å². The molecule has 20 heavy (non-hydrogen) atoms. The van der Waals surface area contributed by atoms with Crippen molar-refractivity contribution in [3.8, 4) is 5.75 Å². The van der Waals surface area contributed by atoms with E-state index in [9.17, 15) is 10.1 Å². The van der Waals surface area contributed by atoms with Crippen LogP contribution in [-0.2, 0) is 11.3 Å². The predicted octanol–water partition coefficient (Wildman–Crippen LogP) is 2.26. The van der Waals surface area contributed by atoms with E-state index in [0.29, 0.717) is 25.5 Å². The van der Waals surface area contributed by atoms with Gasteiger partial charge in [-0.05, 0) is 24.6 Å². The molecule has 0 radical (unpaired) electrons. The highest BCUT2D eigenvalue weighted by molar-refractivity contribution is 5.48. The monoisotopic (exact) mass is 280 g/mol. The Bertz CT molecular complexity index is 458. The third kappa shape index (κ3) is 3.91. The molecule has 1 fully saturated rings. The van der Waals surface area contributed by atoms with E-state index in [1.807, 2.05) is 6.07 Å². The SMILES string of the molecule is CCCNCc1ccc(OC2CCOC2)c([N+](=O)[O-])c1. The second kappa shape index (κ2) is 7.21. The number of hydrogen-bond donors (Lipinski definition) is 1. The number of benzene rings is 1. The number of nitrogens with zero attached hydrogens (tertiary/aromatic N) is 1. The lowest BCUT2D eigenvalue weighted by Gasteiger charge is -2.12. The molecule has 1 saturated heterocycles. The van der Waals surface area contributed by atoms with Gasteiger partial charge in [0.1, 0.15) is 6.10 Å². The summed E-state index contributed by atoms with van der Waals surface area (Å²) < 4.78 is 10.9. The van der Waals surface area contributed by atoms with Crippen LogP contribution in [0, 0.1) is 10.1 Å². The van der Waals surface area contributed by atoms with Gasteiger partial charge >= 0.3 is 5.69 Å². The Morgan fingerprint density at radius 3 is 3.05 bits per heavy atom. The van der Waals surface area contributed by atoms with Crippen LogP contribution in [0.15, 0.2) is 18.2 Å². The van der Waals surface area contributed by atoms with E-state index < -0.39 is 4.92 Å². The molecule has 1 aliphatic rings. The van der Waals surface area contributed by atoms with Gasteiger partial charge in [0.2, 0.25) is 0 Å². The molecule has 0 aliphatic carbocycles. The van der Waals surface area contributed by atoms with Crippen molar-refractivity contribution >= 4 is 5.69 Å². The zero-order valence-corrected chi connectivity index (χ0v) is 11.6. The fourth-order valence-corrected chi connectivity index (χ4v) is 2.11. The Morgan fingerprint density at radius 2 is 2.40 bits per heavy atom. The van der Waals surface area contributed by atoms with Gasteiger partial charge in [0.15, 0.2) is 5.75 Å². The van der Waals surface area contributed by atoms with Crippen LogP contribution >= 0.6 is 0 Å². The molecule has 1 aromatic carbocycles. The summed E-state index contributed by atoms with van der Waals surface area (Å²) in [6, 6.07) is 5.12. The molecule has 1 aromatic rings. The molecule has 1 heterocycles. The second-order valence-electron chi connectivity index (χ2n) is 4.84. The maximum absolute atomic E-state index is 11.2. The lowest BCUT2D eigenvalue weighted by atomic mass is 10.2. The van der Waals surface area contributed by atoms with E-state index in [1.165, 1.54) is 0 Å². The average molecular weight is 280 g/mol. The molecular weight excluding hydrogens is 260 g/mol. The number of nitro groups is 1. The highest BCUT2D eigenvalue weighted by Crippen LogP contribution is 2.30. The first-order valence-electron chi connectivity index (χ1n) is 6.93. The number of nitro benzene ring substituents is 1. The third-order valence-corrected chi connectivity index (χ3v) is 3.16. The van der Waals surface area contributed by atoms with Gasteiger partial charge < -0.3 is 14.8 Å². The maximum atomic E-state index is 11.2. The topological polar surface area (TPSA) is 73.6 Å². The van der Waals surface area contributed by atoms with Crippen LogP contribution in [0.25, 0.3) is 0 Å². The summed E-state index contributed by atoms with van der Waals surface area (Å²) in [5.74, 6) is 0.324. The summed E-state index contributed by atoms with van der Waals surface area (Å²) in [7, 11) is 0. The van der Waals surface area contributed by atoms with Crippen LogP contribution in [0.1, 0.15) is 25.3 Å². The summed E-state index contributed by atoms with van der Waals surface area (Å²) in [6.07, 6.45) is 1.72. The van der Waals surface area contributed by atoms with Gasteiger partial charge in [0.25, 0.3) is 0 Å². The van der Waals surface area contributed by atoms with Crippen LogP contribution in [0.3, 0.4) is 0 Å². The molecule has 1 atom stereocenters. The molecule has 2 rings (SSSR count). The minimum absolute atomic E-state index is 0.0210. The Balaban J connectivity index is 2.08. The van der Waals surface area contributed by atoms with Crippen molar-refractivity contribution in [1.29, 1.82) is 0 Å². The van der Waals surface area contributed by atoms with Crippen molar-refractivity contribution in [3.05, 3.63) is 33.9 Å². The molecular formula is C14H20N2O4. The Kier molecular flexibility index (Phi) is 5.31. The molecule has 1 N–H and O–H groups in total. The molecule has 6 nitrogen and oxygen atoms in total. The summed E-state index contributed by atoms with van der Waals surface area (Å²) in [5, 5.41) is 14.4. The lowest BCUT2D eigenvalue weighted by molar-refractivity contribution is -0.386. The Morgan fingerprint density at radius 1 is 1.55 bits per heavy atom. The van der Waals surface area contributed by atoms with Crippen LogP contribution in [0.5, 0.6) is 5.75 Å². The quantitative estimate of drug-likeness (QED) is 0.471. The smallest absolute Gasteiger partial charge is 0.311 e. The van der Waals surface area contributed by atoms with Gasteiger partial charge in [-0.15, -0.1) is 0 Å². The normalized spacial score (nSPS) is 18.1. The van der Waals surface area contributed by atoms with Gasteiger partial charge in [0, 0.05) is 19.0 Å². The van der Waals surface area contributed by atoms with Gasteiger partial charge in [-0.1, -0.05) is 13.0 Å². The van der Waals surface area contributed by atoms with Crippen molar-refractivity contribution < 1.29 is 14.4 Å². The van der Waals surface area contributed by atoms with Crippen LogP contribution < -0.4 is 10.1 Å². The van der Waals surface area contributed by atoms with E-state index in [1.54, 1.807) is 12.1 Å². The van der Waals surface area contributed by atoms with E-state index >= 15 is 0 Å². The summed E-state index contributed by atoms with van der Waals surface area (Å²) >= 11 is 0. The maximum Gasteiger partial charge on any atom is 0.311 e. The summed E-state index contributed by atoms with van der Waals surface area (Å²) in [5.41, 5.74) is 0.910. The van der Waals surface area contributed by atoms with Crippen LogP contribution in [-0.4, -0.2) is 30.8 Å². The Hall–Kier alpha value is -1.66. The van der Waals surface area contributed by atoms with Crippen molar-refractivity contribution in [3.63, 3.8) is 0 Å². The van der Waals surface area contributed by atoms with Crippen molar-refractivity contribution in [2.45, 2.75) is 32.4 Å². The predicted molar refractivity (Wildman–Crippen MR) is 74.9 cm³/mol. The van der Waals surface area contributed by atoms with Gasteiger partial charge in [-0.2, -0.15) is 0 Å². The fourth-order valence-electron chi connectivity index (χ4n) is 2.11.